The van der Waals surface area contributed by atoms with Gasteiger partial charge in [-0.15, -0.1) is 11.3 Å². The fourth-order valence-electron chi connectivity index (χ4n) is 2.73. The van der Waals surface area contributed by atoms with Crippen molar-refractivity contribution in [1.82, 2.24) is 9.97 Å². The summed E-state index contributed by atoms with van der Waals surface area (Å²) in [4.78, 5) is 20.3. The molecule has 0 saturated carbocycles. The third kappa shape index (κ3) is 5.29. The quantitative estimate of drug-likeness (QED) is 0.209. The van der Waals surface area contributed by atoms with E-state index in [4.69, 9.17) is 21.1 Å². The van der Waals surface area contributed by atoms with Gasteiger partial charge in [-0.05, 0) is 29.8 Å². The molecule has 0 fully saturated rings. The molecule has 0 unspecified atom stereocenters. The van der Waals surface area contributed by atoms with E-state index in [1.165, 1.54) is 36.8 Å². The zero-order valence-corrected chi connectivity index (χ0v) is 18.4. The second kappa shape index (κ2) is 10.0. The lowest BCUT2D eigenvalue weighted by Crippen LogP contribution is -2.01. The Morgan fingerprint density at radius 2 is 2.00 bits per heavy atom. The number of nitrogens with zero attached hydrogens (tertiary/aromatic N) is 3. The first kappa shape index (κ1) is 21.5. The van der Waals surface area contributed by atoms with Crippen molar-refractivity contribution >= 4 is 40.3 Å². The molecular weight excluding hydrogens is 448 g/mol. The molecule has 4 rings (SSSR count). The zero-order chi connectivity index (χ0) is 22.3. The van der Waals surface area contributed by atoms with Crippen molar-refractivity contribution in [2.75, 3.05) is 12.5 Å². The second-order valence-electron chi connectivity index (χ2n) is 6.44. The van der Waals surface area contributed by atoms with Gasteiger partial charge < -0.3 is 9.47 Å². The minimum atomic E-state index is -0.474. The Morgan fingerprint density at radius 3 is 2.78 bits per heavy atom. The number of hydrogen-bond acceptors (Lipinski definition) is 8. The van der Waals surface area contributed by atoms with E-state index in [0.717, 1.165) is 16.8 Å². The predicted octanol–water partition coefficient (Wildman–Crippen LogP) is 5.88. The minimum absolute atomic E-state index is 0.232. The molecule has 2 aromatic heterocycles. The van der Waals surface area contributed by atoms with Gasteiger partial charge in [0.2, 0.25) is 11.0 Å². The van der Waals surface area contributed by atoms with Crippen LogP contribution < -0.4 is 10.2 Å². The minimum Gasteiger partial charge on any atom is -0.465 e. The standard InChI is InChI=1S/C23H17ClN4O3S/c1-30-22(29)17-9-10-25-21(12-17)31-20-8-7-15(11-18(20)24)13-26-28-23-27-19(14-32-23)16-5-3-2-4-6-16/h2-14H,1H3,(H,27,28). The van der Waals surface area contributed by atoms with E-state index in [1.807, 2.05) is 35.7 Å². The molecule has 0 amide bonds. The molecule has 4 aromatic rings. The van der Waals surface area contributed by atoms with E-state index < -0.39 is 5.97 Å². The number of benzene rings is 2. The van der Waals surface area contributed by atoms with E-state index >= 15 is 0 Å². The molecule has 0 aliphatic heterocycles. The fraction of sp³-hybridized carbons (Fsp3) is 0.0435. The number of anilines is 1. The molecule has 0 spiro atoms. The van der Waals surface area contributed by atoms with E-state index in [9.17, 15) is 4.79 Å². The summed E-state index contributed by atoms with van der Waals surface area (Å²) in [6.45, 7) is 0. The summed E-state index contributed by atoms with van der Waals surface area (Å²) in [5.41, 5.74) is 5.97. The molecule has 0 radical (unpaired) electrons. The fourth-order valence-corrected chi connectivity index (χ4v) is 3.63. The number of carbonyl (C=O) groups excluding carboxylic acids is 1. The molecule has 0 bridgehead atoms. The third-order valence-corrected chi connectivity index (χ3v) is 5.32. The number of hydrazone groups is 1. The number of pyridine rings is 1. The van der Waals surface area contributed by atoms with Crippen molar-refractivity contribution in [2.24, 2.45) is 5.10 Å². The Bertz CT molecular complexity index is 1260. The molecule has 2 aromatic carbocycles. The zero-order valence-electron chi connectivity index (χ0n) is 16.9. The van der Waals surface area contributed by atoms with Crippen LogP contribution in [0.15, 0.2) is 77.3 Å². The Kier molecular flexibility index (Phi) is 6.74. The number of nitrogens with one attached hydrogen (secondary N) is 1. The van der Waals surface area contributed by atoms with Crippen LogP contribution in [0.5, 0.6) is 11.6 Å². The number of carbonyl (C=O) groups is 1. The smallest absolute Gasteiger partial charge is 0.338 e. The molecular formula is C23H17ClN4O3S. The molecule has 0 aliphatic carbocycles. The summed E-state index contributed by atoms with van der Waals surface area (Å²) in [6, 6.07) is 18.2. The van der Waals surface area contributed by atoms with Gasteiger partial charge in [0.1, 0.15) is 5.75 Å². The van der Waals surface area contributed by atoms with Gasteiger partial charge in [0, 0.05) is 23.2 Å². The first-order valence-corrected chi connectivity index (χ1v) is 10.7. The SMILES string of the molecule is COC(=O)c1ccnc(Oc2ccc(C=NNc3nc(-c4ccccc4)cs3)cc2Cl)c1. The van der Waals surface area contributed by atoms with Crippen LogP contribution in [-0.4, -0.2) is 29.3 Å². The number of halogens is 1. The number of aromatic nitrogens is 2. The molecule has 0 saturated heterocycles. The van der Waals surface area contributed by atoms with Crippen LogP contribution in [0.25, 0.3) is 11.3 Å². The number of hydrogen-bond donors (Lipinski definition) is 1. The van der Waals surface area contributed by atoms with Crippen molar-refractivity contribution in [2.45, 2.75) is 0 Å². The first-order chi connectivity index (χ1) is 15.6. The van der Waals surface area contributed by atoms with Crippen LogP contribution >= 0.6 is 22.9 Å². The van der Waals surface area contributed by atoms with Gasteiger partial charge in [0.05, 0.1) is 29.6 Å². The number of esters is 1. The van der Waals surface area contributed by atoms with Crippen LogP contribution in [0.4, 0.5) is 5.13 Å². The summed E-state index contributed by atoms with van der Waals surface area (Å²) in [5, 5.41) is 7.25. The Hall–Kier alpha value is -3.75. The molecule has 7 nitrogen and oxygen atoms in total. The van der Waals surface area contributed by atoms with Crippen LogP contribution in [0, 0.1) is 0 Å². The van der Waals surface area contributed by atoms with E-state index in [0.29, 0.717) is 21.5 Å². The largest absolute Gasteiger partial charge is 0.465 e. The summed E-state index contributed by atoms with van der Waals surface area (Å²) in [7, 11) is 1.31. The van der Waals surface area contributed by atoms with Crippen molar-refractivity contribution in [3.05, 3.63) is 88.4 Å². The highest BCUT2D eigenvalue weighted by atomic mass is 35.5. The highest BCUT2D eigenvalue weighted by Gasteiger charge is 2.10. The van der Waals surface area contributed by atoms with Crippen molar-refractivity contribution in [3.8, 4) is 22.9 Å². The van der Waals surface area contributed by atoms with Crippen LogP contribution in [0.1, 0.15) is 15.9 Å². The average Bonchev–Trinajstić information content (AvgIpc) is 3.30. The lowest BCUT2D eigenvalue weighted by molar-refractivity contribution is 0.0600. The van der Waals surface area contributed by atoms with E-state index in [-0.39, 0.29) is 5.88 Å². The summed E-state index contributed by atoms with van der Waals surface area (Å²) in [5.74, 6) is 0.160. The van der Waals surface area contributed by atoms with Crippen LogP contribution in [0.2, 0.25) is 5.02 Å². The first-order valence-electron chi connectivity index (χ1n) is 9.44. The summed E-state index contributed by atoms with van der Waals surface area (Å²) >= 11 is 7.81. The third-order valence-electron chi connectivity index (χ3n) is 4.27. The van der Waals surface area contributed by atoms with Crippen LogP contribution in [-0.2, 0) is 4.74 Å². The highest BCUT2D eigenvalue weighted by molar-refractivity contribution is 7.14. The molecule has 2 heterocycles. The van der Waals surface area contributed by atoms with Crippen molar-refractivity contribution in [1.29, 1.82) is 0 Å². The summed E-state index contributed by atoms with van der Waals surface area (Å²) in [6.07, 6.45) is 3.10. The second-order valence-corrected chi connectivity index (χ2v) is 7.71. The summed E-state index contributed by atoms with van der Waals surface area (Å²) < 4.78 is 10.4. The maximum Gasteiger partial charge on any atom is 0.338 e. The lowest BCUT2D eigenvalue weighted by Gasteiger charge is -2.08. The van der Waals surface area contributed by atoms with Gasteiger partial charge >= 0.3 is 5.97 Å². The Morgan fingerprint density at radius 1 is 1.16 bits per heavy atom. The maximum atomic E-state index is 11.7. The van der Waals surface area contributed by atoms with E-state index in [2.05, 4.69) is 20.5 Å². The molecule has 1 N–H and O–H groups in total. The topological polar surface area (TPSA) is 85.7 Å². The van der Waals surface area contributed by atoms with Crippen molar-refractivity contribution < 1.29 is 14.3 Å². The average molecular weight is 465 g/mol. The van der Waals surface area contributed by atoms with Gasteiger partial charge in [0.15, 0.2) is 0 Å². The van der Waals surface area contributed by atoms with Gasteiger partial charge in [-0.2, -0.15) is 5.10 Å². The number of ether oxygens (including phenoxy) is 2. The van der Waals surface area contributed by atoms with Crippen LogP contribution in [0.3, 0.4) is 0 Å². The lowest BCUT2D eigenvalue weighted by atomic mass is 10.2. The normalized spacial score (nSPS) is 10.8. The van der Waals surface area contributed by atoms with Crippen molar-refractivity contribution in [3.63, 3.8) is 0 Å². The molecule has 0 atom stereocenters. The Labute approximate surface area is 193 Å². The number of thiazole rings is 1. The predicted molar refractivity (Wildman–Crippen MR) is 126 cm³/mol. The van der Waals surface area contributed by atoms with E-state index in [1.54, 1.807) is 24.4 Å². The van der Waals surface area contributed by atoms with Gasteiger partial charge in [-0.3, -0.25) is 5.43 Å². The maximum absolute atomic E-state index is 11.7. The Balaban J connectivity index is 1.40. The molecule has 32 heavy (non-hydrogen) atoms. The highest BCUT2D eigenvalue weighted by Crippen LogP contribution is 2.29. The molecule has 9 heteroatoms. The molecule has 160 valence electrons. The monoisotopic (exact) mass is 464 g/mol. The number of methoxy groups -OCH3 is 1. The van der Waals surface area contributed by atoms with Gasteiger partial charge in [-0.25, -0.2) is 14.8 Å². The van der Waals surface area contributed by atoms with Gasteiger partial charge in [0.25, 0.3) is 0 Å². The molecule has 0 aliphatic rings. The van der Waals surface area contributed by atoms with Gasteiger partial charge in [-0.1, -0.05) is 41.9 Å². The number of rotatable bonds is 7.